The Morgan fingerprint density at radius 1 is 0.951 bits per heavy atom. The van der Waals surface area contributed by atoms with Crippen molar-refractivity contribution in [3.8, 4) is 0 Å². The van der Waals surface area contributed by atoms with Crippen molar-refractivity contribution in [1.29, 1.82) is 0 Å². The van der Waals surface area contributed by atoms with E-state index in [9.17, 15) is 18.0 Å². The number of anilines is 2. The van der Waals surface area contributed by atoms with Crippen LogP contribution in [0.15, 0.2) is 95.9 Å². The van der Waals surface area contributed by atoms with Gasteiger partial charge >= 0.3 is 0 Å². The van der Waals surface area contributed by atoms with E-state index in [-0.39, 0.29) is 22.1 Å². The largest absolute Gasteiger partial charge is 0.322 e. The molecule has 1 fully saturated rings. The number of hydrogen-bond acceptors (Lipinski definition) is 5. The fraction of sp³-hybridized carbons (Fsp3) is 0.161. The van der Waals surface area contributed by atoms with Gasteiger partial charge in [0.25, 0.3) is 15.9 Å². The van der Waals surface area contributed by atoms with Gasteiger partial charge in [-0.15, -0.1) is 11.8 Å². The van der Waals surface area contributed by atoms with Gasteiger partial charge in [0.2, 0.25) is 5.91 Å². The average Bonchev–Trinajstić information content (AvgIpc) is 3.31. The number of hydrogen-bond donors (Lipinski definition) is 2. The Balaban J connectivity index is 1.23. The van der Waals surface area contributed by atoms with Gasteiger partial charge in [0.15, 0.2) is 0 Å². The Hall–Kier alpha value is -3.79. The van der Waals surface area contributed by atoms with Crippen LogP contribution in [-0.2, 0) is 21.4 Å². The number of halogens is 1. The summed E-state index contributed by atoms with van der Waals surface area (Å²) in [6, 6.07) is 26.1. The number of sulfonamides is 1. The predicted octanol–water partition coefficient (Wildman–Crippen LogP) is 6.78. The SMILES string of the molecule is Cc1ccc(NS(=O)(=O)c2ccc(NC(=O)c3ccc([C@H]4SCC(=O)N4Cc4ccc(Cl)cc4)cc3)cc2)c(C)c1. The van der Waals surface area contributed by atoms with Crippen molar-refractivity contribution in [2.45, 2.75) is 30.7 Å². The first-order valence-corrected chi connectivity index (χ1v) is 15.8. The molecule has 0 spiro atoms. The van der Waals surface area contributed by atoms with Crippen molar-refractivity contribution < 1.29 is 18.0 Å². The topological polar surface area (TPSA) is 95.6 Å². The van der Waals surface area contributed by atoms with Crippen molar-refractivity contribution in [3.63, 3.8) is 0 Å². The Bertz CT molecular complexity index is 1690. The lowest BCUT2D eigenvalue weighted by atomic mass is 10.1. The zero-order valence-electron chi connectivity index (χ0n) is 22.4. The number of nitrogens with one attached hydrogen (secondary N) is 2. The third kappa shape index (κ3) is 6.75. The van der Waals surface area contributed by atoms with Gasteiger partial charge in [0.1, 0.15) is 5.37 Å². The van der Waals surface area contributed by atoms with Gasteiger partial charge in [-0.3, -0.25) is 14.3 Å². The molecule has 0 radical (unpaired) electrons. The molecule has 210 valence electrons. The maximum absolute atomic E-state index is 12.9. The van der Waals surface area contributed by atoms with E-state index in [0.717, 1.165) is 22.3 Å². The van der Waals surface area contributed by atoms with Crippen LogP contribution in [0.5, 0.6) is 0 Å². The van der Waals surface area contributed by atoms with Crippen molar-refractivity contribution in [3.05, 3.63) is 124 Å². The summed E-state index contributed by atoms with van der Waals surface area (Å²) in [6.45, 7) is 4.27. The van der Waals surface area contributed by atoms with Crippen LogP contribution in [0.3, 0.4) is 0 Å². The summed E-state index contributed by atoms with van der Waals surface area (Å²) in [5.74, 6) is 0.131. The Morgan fingerprint density at radius 3 is 2.29 bits per heavy atom. The minimum Gasteiger partial charge on any atom is -0.322 e. The fourth-order valence-corrected chi connectivity index (χ4v) is 6.98. The molecule has 0 aromatic heterocycles. The molecular formula is C31H28ClN3O4S2. The van der Waals surface area contributed by atoms with E-state index in [1.165, 1.54) is 12.1 Å². The lowest BCUT2D eigenvalue weighted by Gasteiger charge is -2.24. The summed E-state index contributed by atoms with van der Waals surface area (Å²) in [7, 11) is -3.79. The van der Waals surface area contributed by atoms with Crippen LogP contribution in [0.1, 0.15) is 38.0 Å². The molecule has 7 nitrogen and oxygen atoms in total. The molecule has 1 saturated heterocycles. The zero-order chi connectivity index (χ0) is 29.1. The highest BCUT2D eigenvalue weighted by Gasteiger charge is 2.32. The molecule has 0 aliphatic carbocycles. The molecule has 2 N–H and O–H groups in total. The van der Waals surface area contributed by atoms with Crippen molar-refractivity contribution >= 4 is 56.6 Å². The second kappa shape index (κ2) is 12.0. The van der Waals surface area contributed by atoms with E-state index < -0.39 is 10.0 Å². The summed E-state index contributed by atoms with van der Waals surface area (Å²) in [4.78, 5) is 27.4. The lowest BCUT2D eigenvalue weighted by molar-refractivity contribution is -0.128. The summed E-state index contributed by atoms with van der Waals surface area (Å²) in [6.07, 6.45) is 0. The number of nitrogens with zero attached hydrogens (tertiary/aromatic N) is 1. The van der Waals surface area contributed by atoms with Crippen LogP contribution >= 0.6 is 23.4 Å². The van der Waals surface area contributed by atoms with Crippen LogP contribution in [0.4, 0.5) is 11.4 Å². The van der Waals surface area contributed by atoms with E-state index in [4.69, 9.17) is 11.6 Å². The van der Waals surface area contributed by atoms with Crippen molar-refractivity contribution in [2.24, 2.45) is 0 Å². The molecule has 10 heteroatoms. The molecule has 1 aliphatic rings. The van der Waals surface area contributed by atoms with Crippen LogP contribution < -0.4 is 10.0 Å². The van der Waals surface area contributed by atoms with Crippen LogP contribution in [0.25, 0.3) is 0 Å². The van der Waals surface area contributed by atoms with E-state index >= 15 is 0 Å². The number of amides is 2. The molecule has 0 saturated carbocycles. The molecule has 1 atom stereocenters. The number of rotatable bonds is 8. The summed E-state index contributed by atoms with van der Waals surface area (Å²) >= 11 is 7.54. The first-order valence-electron chi connectivity index (χ1n) is 12.9. The number of aryl methyl sites for hydroxylation is 2. The second-order valence-corrected chi connectivity index (χ2v) is 13.0. The molecule has 1 heterocycles. The van der Waals surface area contributed by atoms with Crippen molar-refractivity contribution in [1.82, 2.24) is 4.90 Å². The van der Waals surface area contributed by atoms with Gasteiger partial charge in [0.05, 0.1) is 16.3 Å². The highest BCUT2D eigenvalue weighted by molar-refractivity contribution is 8.00. The average molecular weight is 606 g/mol. The third-order valence-electron chi connectivity index (χ3n) is 6.74. The molecule has 0 bridgehead atoms. The van der Waals surface area contributed by atoms with Crippen LogP contribution in [0.2, 0.25) is 5.02 Å². The fourth-order valence-electron chi connectivity index (χ4n) is 4.54. The molecule has 0 unspecified atom stereocenters. The molecule has 2 amide bonds. The van der Waals surface area contributed by atoms with E-state index in [1.807, 2.05) is 67.3 Å². The minimum atomic E-state index is -3.79. The molecular weight excluding hydrogens is 578 g/mol. The maximum atomic E-state index is 12.9. The smallest absolute Gasteiger partial charge is 0.261 e. The van der Waals surface area contributed by atoms with E-state index in [2.05, 4.69) is 10.0 Å². The lowest BCUT2D eigenvalue weighted by Crippen LogP contribution is -2.27. The van der Waals surface area contributed by atoms with Gasteiger partial charge in [-0.05, 0) is 85.1 Å². The highest BCUT2D eigenvalue weighted by atomic mass is 35.5. The predicted molar refractivity (Wildman–Crippen MR) is 165 cm³/mol. The summed E-state index contributed by atoms with van der Waals surface area (Å²) in [5.41, 5.74) is 5.23. The first kappa shape index (κ1) is 28.7. The summed E-state index contributed by atoms with van der Waals surface area (Å²) in [5, 5.41) is 3.30. The van der Waals surface area contributed by atoms with E-state index in [1.54, 1.807) is 42.1 Å². The third-order valence-corrected chi connectivity index (χ3v) is 9.63. The quantitative estimate of drug-likeness (QED) is 0.231. The molecule has 1 aliphatic heterocycles. The first-order chi connectivity index (χ1) is 19.6. The van der Waals surface area contributed by atoms with Gasteiger partial charge in [-0.1, -0.05) is 53.6 Å². The Morgan fingerprint density at radius 2 is 1.63 bits per heavy atom. The summed E-state index contributed by atoms with van der Waals surface area (Å²) < 4.78 is 28.3. The Labute approximate surface area is 249 Å². The standard InChI is InChI=1S/C31H28ClN3O4S2/c1-20-3-16-28(21(2)17-20)34-41(38,39)27-14-12-26(13-15-27)33-30(37)23-6-8-24(9-7-23)31-35(29(36)19-40-31)18-22-4-10-25(32)11-5-22/h3-17,31,34H,18-19H2,1-2H3,(H,33,37)/t31-/m1/s1. The number of carbonyl (C=O) groups is 2. The molecule has 4 aromatic rings. The van der Waals surface area contributed by atoms with Crippen LogP contribution in [-0.4, -0.2) is 30.9 Å². The molecule has 4 aromatic carbocycles. The highest BCUT2D eigenvalue weighted by Crippen LogP contribution is 2.39. The van der Waals surface area contributed by atoms with Crippen LogP contribution in [0, 0.1) is 13.8 Å². The van der Waals surface area contributed by atoms with Crippen molar-refractivity contribution in [2.75, 3.05) is 15.8 Å². The number of carbonyl (C=O) groups excluding carboxylic acids is 2. The van der Waals surface area contributed by atoms with Gasteiger partial charge in [-0.2, -0.15) is 0 Å². The van der Waals surface area contributed by atoms with Gasteiger partial charge < -0.3 is 10.2 Å². The van der Waals surface area contributed by atoms with Gasteiger partial charge in [-0.25, -0.2) is 8.42 Å². The normalized spacial score (nSPS) is 15.1. The Kier molecular flexibility index (Phi) is 8.40. The molecule has 5 rings (SSSR count). The number of benzene rings is 4. The molecule has 41 heavy (non-hydrogen) atoms. The van der Waals surface area contributed by atoms with E-state index in [0.29, 0.717) is 34.3 Å². The number of thioether (sulfide) groups is 1. The zero-order valence-corrected chi connectivity index (χ0v) is 24.8. The maximum Gasteiger partial charge on any atom is 0.261 e. The second-order valence-electron chi connectivity index (χ2n) is 9.84. The monoisotopic (exact) mass is 605 g/mol. The van der Waals surface area contributed by atoms with Gasteiger partial charge in [0, 0.05) is 22.8 Å². The minimum absolute atomic E-state index is 0.0615.